The van der Waals surface area contributed by atoms with Crippen LogP contribution in [0.2, 0.25) is 0 Å². The average molecular weight is 392 g/mol. The highest BCUT2D eigenvalue weighted by Gasteiger charge is 2.16. The van der Waals surface area contributed by atoms with E-state index in [1.54, 1.807) is 0 Å². The molecule has 1 unspecified atom stereocenters. The smallest absolute Gasteiger partial charge is 0.230 e. The summed E-state index contributed by atoms with van der Waals surface area (Å²) in [5.74, 6) is 1.79. The summed E-state index contributed by atoms with van der Waals surface area (Å²) >= 11 is 0. The summed E-state index contributed by atoms with van der Waals surface area (Å²) in [5.41, 5.74) is 2.24. The van der Waals surface area contributed by atoms with Crippen LogP contribution >= 0.6 is 0 Å². The number of ether oxygens (including phenoxy) is 2. The van der Waals surface area contributed by atoms with Crippen molar-refractivity contribution in [3.8, 4) is 17.2 Å². The van der Waals surface area contributed by atoms with E-state index in [1.165, 1.54) is 0 Å². The van der Waals surface area contributed by atoms with Gasteiger partial charge in [-0.1, -0.05) is 18.2 Å². The first-order valence-corrected chi connectivity index (χ1v) is 9.83. The first-order valence-electron chi connectivity index (χ1n) is 9.83. The third kappa shape index (κ3) is 5.03. The molecule has 1 fully saturated rings. The molecule has 4 rings (SSSR count). The van der Waals surface area contributed by atoms with E-state index >= 15 is 0 Å². The van der Waals surface area contributed by atoms with Crippen molar-refractivity contribution in [3.63, 3.8) is 0 Å². The minimum atomic E-state index is -0.144. The van der Waals surface area contributed by atoms with E-state index in [2.05, 4.69) is 10.3 Å². The Bertz CT molecular complexity index is 945. The molecule has 1 aromatic heterocycles. The van der Waals surface area contributed by atoms with Gasteiger partial charge in [0.25, 0.3) is 0 Å². The van der Waals surface area contributed by atoms with E-state index in [-0.39, 0.29) is 18.4 Å². The van der Waals surface area contributed by atoms with Gasteiger partial charge in [-0.15, -0.1) is 0 Å². The molecule has 2 heterocycles. The van der Waals surface area contributed by atoms with Gasteiger partial charge in [0.15, 0.2) is 0 Å². The zero-order valence-corrected chi connectivity index (χ0v) is 16.4. The fourth-order valence-electron chi connectivity index (χ4n) is 3.25. The molecule has 1 N–H and O–H groups in total. The Labute approximate surface area is 169 Å². The van der Waals surface area contributed by atoms with E-state index in [0.29, 0.717) is 29.6 Å². The van der Waals surface area contributed by atoms with Crippen molar-refractivity contribution in [2.45, 2.75) is 32.3 Å². The van der Waals surface area contributed by atoms with Gasteiger partial charge in [-0.2, -0.15) is 0 Å². The molecule has 6 heteroatoms. The van der Waals surface area contributed by atoms with Gasteiger partial charge in [0.05, 0.1) is 18.2 Å². The SMILES string of the molecule is Cc1oc(-c2ccccc2)nc1CC(=O)Nc1ccc(OCC2CCCO2)cc1. The maximum absolute atomic E-state index is 12.4. The zero-order chi connectivity index (χ0) is 20.1. The summed E-state index contributed by atoms with van der Waals surface area (Å²) < 4.78 is 17.0. The number of oxazole rings is 1. The van der Waals surface area contributed by atoms with Gasteiger partial charge in [0.1, 0.15) is 18.1 Å². The van der Waals surface area contributed by atoms with Crippen molar-refractivity contribution in [2.24, 2.45) is 0 Å². The summed E-state index contributed by atoms with van der Waals surface area (Å²) in [6.45, 7) is 3.19. The number of aromatic nitrogens is 1. The topological polar surface area (TPSA) is 73.6 Å². The molecule has 6 nitrogen and oxygen atoms in total. The van der Waals surface area contributed by atoms with Crippen molar-refractivity contribution in [1.29, 1.82) is 0 Å². The Balaban J connectivity index is 1.32. The number of rotatable bonds is 7. The van der Waals surface area contributed by atoms with Crippen LogP contribution in [0.3, 0.4) is 0 Å². The van der Waals surface area contributed by atoms with Crippen molar-refractivity contribution in [1.82, 2.24) is 4.98 Å². The van der Waals surface area contributed by atoms with Crippen LogP contribution < -0.4 is 10.1 Å². The van der Waals surface area contributed by atoms with Gasteiger partial charge in [0, 0.05) is 17.9 Å². The zero-order valence-electron chi connectivity index (χ0n) is 16.4. The molecule has 0 bridgehead atoms. The minimum absolute atomic E-state index is 0.144. The van der Waals surface area contributed by atoms with Crippen LogP contribution in [-0.4, -0.2) is 30.2 Å². The fourth-order valence-corrected chi connectivity index (χ4v) is 3.25. The number of aryl methyl sites for hydroxylation is 1. The number of benzene rings is 2. The highest BCUT2D eigenvalue weighted by molar-refractivity contribution is 5.92. The second-order valence-electron chi connectivity index (χ2n) is 7.08. The number of carbonyl (C=O) groups is 1. The maximum atomic E-state index is 12.4. The van der Waals surface area contributed by atoms with Crippen LogP contribution in [0.25, 0.3) is 11.5 Å². The van der Waals surface area contributed by atoms with Crippen molar-refractivity contribution in [3.05, 3.63) is 66.1 Å². The Morgan fingerprint density at radius 3 is 2.69 bits per heavy atom. The predicted octanol–water partition coefficient (Wildman–Crippen LogP) is 4.39. The molecule has 0 spiro atoms. The van der Waals surface area contributed by atoms with E-state index in [9.17, 15) is 4.79 Å². The molecule has 1 atom stereocenters. The Morgan fingerprint density at radius 2 is 1.97 bits per heavy atom. The first kappa shape index (κ1) is 19.2. The van der Waals surface area contributed by atoms with E-state index in [0.717, 1.165) is 30.8 Å². The molecule has 0 radical (unpaired) electrons. The standard InChI is InChI=1S/C23H24N2O4/c1-16-21(25-23(29-16)17-6-3-2-4-7-17)14-22(26)24-18-9-11-19(12-10-18)28-15-20-8-5-13-27-20/h2-4,6-7,9-12,20H,5,8,13-15H2,1H3,(H,24,26). The molecular formula is C23H24N2O4. The van der Waals surface area contributed by atoms with Crippen molar-refractivity contribution < 1.29 is 18.7 Å². The van der Waals surface area contributed by atoms with E-state index < -0.39 is 0 Å². The summed E-state index contributed by atoms with van der Waals surface area (Å²) in [7, 11) is 0. The van der Waals surface area contributed by atoms with Crippen LogP contribution in [0.15, 0.2) is 59.0 Å². The van der Waals surface area contributed by atoms with Gasteiger partial charge in [-0.25, -0.2) is 4.98 Å². The number of nitrogens with zero attached hydrogens (tertiary/aromatic N) is 1. The summed E-state index contributed by atoms with van der Waals surface area (Å²) in [5, 5.41) is 2.89. The summed E-state index contributed by atoms with van der Waals surface area (Å²) in [6.07, 6.45) is 2.47. The molecule has 3 aromatic rings. The molecule has 29 heavy (non-hydrogen) atoms. The lowest BCUT2D eigenvalue weighted by atomic mass is 10.2. The molecule has 2 aromatic carbocycles. The second-order valence-corrected chi connectivity index (χ2v) is 7.08. The lowest BCUT2D eigenvalue weighted by Gasteiger charge is -2.12. The fraction of sp³-hybridized carbons (Fsp3) is 0.304. The minimum Gasteiger partial charge on any atom is -0.491 e. The number of amides is 1. The Morgan fingerprint density at radius 1 is 1.17 bits per heavy atom. The lowest BCUT2D eigenvalue weighted by molar-refractivity contribution is -0.115. The number of hydrogen-bond acceptors (Lipinski definition) is 5. The normalized spacial score (nSPS) is 16.0. The van der Waals surface area contributed by atoms with Gasteiger partial charge in [-0.05, 0) is 56.2 Å². The number of carbonyl (C=O) groups excluding carboxylic acids is 1. The molecular weight excluding hydrogens is 368 g/mol. The second kappa shape index (κ2) is 8.92. The first-order chi connectivity index (χ1) is 14.2. The van der Waals surface area contributed by atoms with Crippen LogP contribution in [0.5, 0.6) is 5.75 Å². The summed E-state index contributed by atoms with van der Waals surface area (Å²) in [4.78, 5) is 16.9. The van der Waals surface area contributed by atoms with Crippen LogP contribution in [0.1, 0.15) is 24.3 Å². The molecule has 150 valence electrons. The number of anilines is 1. The van der Waals surface area contributed by atoms with Gasteiger partial charge in [0.2, 0.25) is 11.8 Å². The van der Waals surface area contributed by atoms with E-state index in [4.69, 9.17) is 13.9 Å². The average Bonchev–Trinajstić information content (AvgIpc) is 3.38. The van der Waals surface area contributed by atoms with Gasteiger partial charge >= 0.3 is 0 Å². The molecule has 0 aliphatic carbocycles. The van der Waals surface area contributed by atoms with E-state index in [1.807, 2.05) is 61.5 Å². The maximum Gasteiger partial charge on any atom is 0.230 e. The lowest BCUT2D eigenvalue weighted by Crippen LogP contribution is -2.16. The molecule has 0 saturated carbocycles. The Hall–Kier alpha value is -3.12. The molecule has 1 amide bonds. The predicted molar refractivity (Wildman–Crippen MR) is 110 cm³/mol. The Kier molecular flexibility index (Phi) is 5.91. The van der Waals surface area contributed by atoms with Crippen LogP contribution in [0.4, 0.5) is 5.69 Å². The number of nitrogens with one attached hydrogen (secondary N) is 1. The third-order valence-corrected chi connectivity index (χ3v) is 4.84. The van der Waals surface area contributed by atoms with Crippen LogP contribution in [0, 0.1) is 6.92 Å². The number of hydrogen-bond donors (Lipinski definition) is 1. The van der Waals surface area contributed by atoms with Gasteiger partial charge in [-0.3, -0.25) is 4.79 Å². The van der Waals surface area contributed by atoms with Gasteiger partial charge < -0.3 is 19.2 Å². The van der Waals surface area contributed by atoms with Crippen molar-refractivity contribution >= 4 is 11.6 Å². The highest BCUT2D eigenvalue weighted by atomic mass is 16.5. The highest BCUT2D eigenvalue weighted by Crippen LogP contribution is 2.22. The largest absolute Gasteiger partial charge is 0.491 e. The molecule has 1 aliphatic heterocycles. The molecule has 1 saturated heterocycles. The molecule has 1 aliphatic rings. The summed E-state index contributed by atoms with van der Waals surface area (Å²) in [6, 6.07) is 17.0. The van der Waals surface area contributed by atoms with Crippen molar-refractivity contribution in [2.75, 3.05) is 18.5 Å². The monoisotopic (exact) mass is 392 g/mol. The van der Waals surface area contributed by atoms with Crippen LogP contribution in [-0.2, 0) is 16.0 Å². The third-order valence-electron chi connectivity index (χ3n) is 4.84. The quantitative estimate of drug-likeness (QED) is 0.646.